The highest BCUT2D eigenvalue weighted by Crippen LogP contribution is 2.18. The molecule has 0 aromatic heterocycles. The molecule has 0 spiro atoms. The van der Waals surface area contributed by atoms with E-state index in [0.717, 1.165) is 0 Å². The Morgan fingerprint density at radius 2 is 1.81 bits per heavy atom. The molecule has 16 heavy (non-hydrogen) atoms. The lowest BCUT2D eigenvalue weighted by molar-refractivity contribution is -0.130. The summed E-state index contributed by atoms with van der Waals surface area (Å²) >= 11 is 0. The van der Waals surface area contributed by atoms with Gasteiger partial charge in [0.05, 0.1) is 0 Å². The number of carbonyl (C=O) groups excluding carboxylic acids is 1. The maximum Gasteiger partial charge on any atom is 0.338 e. The lowest BCUT2D eigenvalue weighted by Gasteiger charge is -2.06. The van der Waals surface area contributed by atoms with Gasteiger partial charge in [-0.2, -0.15) is 0 Å². The fraction of sp³-hybridized carbons (Fsp3) is 0.250. The van der Waals surface area contributed by atoms with Crippen molar-refractivity contribution in [2.24, 2.45) is 0 Å². The first kappa shape index (κ1) is 12.3. The van der Waals surface area contributed by atoms with E-state index in [1.54, 1.807) is 38.3 Å². The predicted octanol–water partition coefficient (Wildman–Crippen LogP) is 2.15. The standard InChI is InChI=1S/C12H14O4/c1-9(2)12(13)16-11-6-4-10(5-7-11)15-8-14-3/h4-7H,1,8H2,2-3H3. The summed E-state index contributed by atoms with van der Waals surface area (Å²) in [4.78, 5) is 11.2. The third-order valence-electron chi connectivity index (χ3n) is 1.73. The molecule has 0 aliphatic carbocycles. The van der Waals surface area contributed by atoms with Crippen molar-refractivity contribution in [2.45, 2.75) is 6.92 Å². The molecule has 1 rings (SSSR count). The van der Waals surface area contributed by atoms with Crippen LogP contribution >= 0.6 is 0 Å². The second-order valence-electron chi connectivity index (χ2n) is 3.19. The lowest BCUT2D eigenvalue weighted by Crippen LogP contribution is -2.08. The zero-order valence-corrected chi connectivity index (χ0v) is 9.36. The second kappa shape index (κ2) is 5.92. The van der Waals surface area contributed by atoms with E-state index in [1.807, 2.05) is 0 Å². The van der Waals surface area contributed by atoms with Gasteiger partial charge in [-0.3, -0.25) is 0 Å². The summed E-state index contributed by atoms with van der Waals surface area (Å²) in [6, 6.07) is 6.68. The largest absolute Gasteiger partial charge is 0.468 e. The Morgan fingerprint density at radius 1 is 1.25 bits per heavy atom. The number of carbonyl (C=O) groups is 1. The van der Waals surface area contributed by atoms with E-state index in [2.05, 4.69) is 6.58 Å². The Morgan fingerprint density at radius 3 is 2.31 bits per heavy atom. The third-order valence-corrected chi connectivity index (χ3v) is 1.73. The highest BCUT2D eigenvalue weighted by Gasteiger charge is 2.04. The first-order valence-corrected chi connectivity index (χ1v) is 4.73. The van der Waals surface area contributed by atoms with Crippen LogP contribution in [0.1, 0.15) is 6.92 Å². The van der Waals surface area contributed by atoms with Crippen LogP contribution in [0.4, 0.5) is 0 Å². The molecule has 1 aromatic carbocycles. The van der Waals surface area contributed by atoms with Gasteiger partial charge in [0, 0.05) is 12.7 Å². The van der Waals surface area contributed by atoms with Gasteiger partial charge in [-0.1, -0.05) is 6.58 Å². The molecule has 0 saturated heterocycles. The molecule has 0 aliphatic heterocycles. The Hall–Kier alpha value is -1.81. The molecule has 0 radical (unpaired) electrons. The second-order valence-corrected chi connectivity index (χ2v) is 3.19. The fourth-order valence-electron chi connectivity index (χ4n) is 0.925. The molecule has 0 saturated carbocycles. The number of benzene rings is 1. The minimum atomic E-state index is -0.439. The summed E-state index contributed by atoms with van der Waals surface area (Å²) < 4.78 is 14.9. The molecule has 1 aromatic rings. The first-order valence-electron chi connectivity index (χ1n) is 4.73. The van der Waals surface area contributed by atoms with Gasteiger partial charge in [-0.15, -0.1) is 0 Å². The van der Waals surface area contributed by atoms with E-state index < -0.39 is 5.97 Å². The predicted molar refractivity (Wildman–Crippen MR) is 59.4 cm³/mol. The molecule has 4 heteroatoms. The molecule has 4 nitrogen and oxygen atoms in total. The van der Waals surface area contributed by atoms with E-state index in [1.165, 1.54) is 0 Å². The van der Waals surface area contributed by atoms with Crippen LogP contribution in [0.25, 0.3) is 0 Å². The first-order chi connectivity index (χ1) is 7.63. The molecular weight excluding hydrogens is 208 g/mol. The molecule has 0 bridgehead atoms. The van der Waals surface area contributed by atoms with Gasteiger partial charge in [0.1, 0.15) is 11.5 Å². The van der Waals surface area contributed by atoms with Gasteiger partial charge >= 0.3 is 5.97 Å². The number of hydrogen-bond donors (Lipinski definition) is 0. The van der Waals surface area contributed by atoms with Gasteiger partial charge in [-0.05, 0) is 31.2 Å². The molecule has 0 amide bonds. The quantitative estimate of drug-likeness (QED) is 0.331. The summed E-state index contributed by atoms with van der Waals surface area (Å²) in [6.45, 7) is 5.27. The van der Waals surface area contributed by atoms with Crippen LogP contribution in [0.2, 0.25) is 0 Å². The Bertz CT molecular complexity index is 367. The van der Waals surface area contributed by atoms with Gasteiger partial charge in [0.15, 0.2) is 6.79 Å². The van der Waals surface area contributed by atoms with Crippen LogP contribution in [-0.4, -0.2) is 19.9 Å². The Labute approximate surface area is 94.4 Å². The smallest absolute Gasteiger partial charge is 0.338 e. The van der Waals surface area contributed by atoms with E-state index in [-0.39, 0.29) is 6.79 Å². The summed E-state index contributed by atoms with van der Waals surface area (Å²) in [5, 5.41) is 0. The number of hydrogen-bond acceptors (Lipinski definition) is 4. The molecule has 86 valence electrons. The minimum absolute atomic E-state index is 0.185. The molecule has 0 unspecified atom stereocenters. The zero-order chi connectivity index (χ0) is 12.0. The number of rotatable bonds is 5. The molecule has 0 fully saturated rings. The monoisotopic (exact) mass is 222 g/mol. The van der Waals surface area contributed by atoms with E-state index in [9.17, 15) is 4.79 Å². The molecule has 0 aliphatic rings. The highest BCUT2D eigenvalue weighted by molar-refractivity contribution is 5.88. The minimum Gasteiger partial charge on any atom is -0.468 e. The van der Waals surface area contributed by atoms with E-state index >= 15 is 0 Å². The van der Waals surface area contributed by atoms with Crippen LogP contribution in [0, 0.1) is 0 Å². The molecule has 0 N–H and O–H groups in total. The summed E-state index contributed by atoms with van der Waals surface area (Å²) in [5.41, 5.74) is 0.361. The van der Waals surface area contributed by atoms with Crippen molar-refractivity contribution in [3.05, 3.63) is 36.4 Å². The van der Waals surface area contributed by atoms with Crippen LogP contribution in [0.3, 0.4) is 0 Å². The van der Waals surface area contributed by atoms with Crippen molar-refractivity contribution < 1.29 is 19.0 Å². The fourth-order valence-corrected chi connectivity index (χ4v) is 0.925. The number of methoxy groups -OCH3 is 1. The van der Waals surface area contributed by atoms with Crippen molar-refractivity contribution >= 4 is 5.97 Å². The van der Waals surface area contributed by atoms with Crippen LogP contribution in [0.5, 0.6) is 11.5 Å². The highest BCUT2D eigenvalue weighted by atomic mass is 16.7. The van der Waals surface area contributed by atoms with Crippen molar-refractivity contribution in [1.82, 2.24) is 0 Å². The van der Waals surface area contributed by atoms with Crippen molar-refractivity contribution in [2.75, 3.05) is 13.9 Å². The molecule has 0 atom stereocenters. The topological polar surface area (TPSA) is 44.8 Å². The average Bonchev–Trinajstić information content (AvgIpc) is 2.28. The number of esters is 1. The maximum atomic E-state index is 11.2. The van der Waals surface area contributed by atoms with Crippen molar-refractivity contribution in [3.63, 3.8) is 0 Å². The van der Waals surface area contributed by atoms with Gasteiger partial charge in [-0.25, -0.2) is 4.79 Å². The van der Waals surface area contributed by atoms with Gasteiger partial charge in [0.2, 0.25) is 0 Å². The SMILES string of the molecule is C=C(C)C(=O)Oc1ccc(OCOC)cc1. The van der Waals surface area contributed by atoms with Gasteiger partial charge in [0.25, 0.3) is 0 Å². The van der Waals surface area contributed by atoms with Crippen molar-refractivity contribution in [1.29, 1.82) is 0 Å². The summed E-state index contributed by atoms with van der Waals surface area (Å²) in [7, 11) is 1.54. The number of ether oxygens (including phenoxy) is 3. The van der Waals surface area contributed by atoms with Gasteiger partial charge < -0.3 is 14.2 Å². The molecular formula is C12H14O4. The van der Waals surface area contributed by atoms with Crippen molar-refractivity contribution in [3.8, 4) is 11.5 Å². The van der Waals surface area contributed by atoms with Crippen LogP contribution in [-0.2, 0) is 9.53 Å². The zero-order valence-electron chi connectivity index (χ0n) is 9.36. The average molecular weight is 222 g/mol. The Kier molecular flexibility index (Phi) is 4.54. The normalized spacial score (nSPS) is 9.62. The van der Waals surface area contributed by atoms with E-state index in [4.69, 9.17) is 14.2 Å². The third kappa shape index (κ3) is 3.74. The van der Waals surface area contributed by atoms with Crippen LogP contribution < -0.4 is 9.47 Å². The lowest BCUT2D eigenvalue weighted by atomic mass is 10.3. The Balaban J connectivity index is 2.57. The summed E-state index contributed by atoms with van der Waals surface area (Å²) in [6.07, 6.45) is 0. The summed E-state index contributed by atoms with van der Waals surface area (Å²) in [5.74, 6) is 0.667. The van der Waals surface area contributed by atoms with E-state index in [0.29, 0.717) is 17.1 Å². The van der Waals surface area contributed by atoms with Crippen LogP contribution in [0.15, 0.2) is 36.4 Å². The maximum absolute atomic E-state index is 11.2. The molecule has 0 heterocycles.